The molecular formula is C22H25N5O. The van der Waals surface area contributed by atoms with Gasteiger partial charge in [-0.05, 0) is 61.8 Å². The number of hydrogen-bond acceptors (Lipinski definition) is 4. The smallest absolute Gasteiger partial charge is 0.225 e. The first kappa shape index (κ1) is 16.3. The van der Waals surface area contributed by atoms with E-state index < -0.39 is 0 Å². The second kappa shape index (κ2) is 6.19. The van der Waals surface area contributed by atoms with E-state index in [0.717, 1.165) is 68.7 Å². The van der Waals surface area contributed by atoms with Crippen LogP contribution in [0.15, 0.2) is 18.3 Å². The third-order valence-electron chi connectivity index (χ3n) is 6.69. The number of benzene rings is 1. The topological polar surface area (TPSA) is 65.1 Å². The Labute approximate surface area is 163 Å². The van der Waals surface area contributed by atoms with Gasteiger partial charge in [-0.25, -0.2) is 4.98 Å². The van der Waals surface area contributed by atoms with E-state index >= 15 is 0 Å². The van der Waals surface area contributed by atoms with Gasteiger partial charge < -0.3 is 9.80 Å². The molecule has 6 rings (SSSR count). The molecule has 1 N–H and O–H groups in total. The Kier molecular flexibility index (Phi) is 3.61. The van der Waals surface area contributed by atoms with Crippen molar-refractivity contribution >= 4 is 33.5 Å². The zero-order valence-electron chi connectivity index (χ0n) is 16.1. The average Bonchev–Trinajstić information content (AvgIpc) is 3.49. The summed E-state index contributed by atoms with van der Waals surface area (Å²) in [4.78, 5) is 22.0. The molecule has 3 heterocycles. The summed E-state index contributed by atoms with van der Waals surface area (Å²) in [6.45, 7) is 3.42. The average molecular weight is 375 g/mol. The molecule has 0 spiro atoms. The number of fused-ring (bicyclic) bond motifs is 5. The van der Waals surface area contributed by atoms with Crippen LogP contribution in [0.25, 0.3) is 21.8 Å². The minimum absolute atomic E-state index is 0.315. The quantitative estimate of drug-likeness (QED) is 0.748. The predicted molar refractivity (Wildman–Crippen MR) is 110 cm³/mol. The van der Waals surface area contributed by atoms with Gasteiger partial charge >= 0.3 is 0 Å². The number of amides is 1. The minimum atomic E-state index is 0.315. The molecule has 1 aliphatic heterocycles. The Hall–Kier alpha value is -2.63. The van der Waals surface area contributed by atoms with E-state index in [2.05, 4.69) is 32.1 Å². The lowest BCUT2D eigenvalue weighted by molar-refractivity contribution is -0.132. The van der Waals surface area contributed by atoms with Gasteiger partial charge in [0.15, 0.2) is 0 Å². The number of pyridine rings is 1. The molecule has 2 aromatic heterocycles. The van der Waals surface area contributed by atoms with Crippen molar-refractivity contribution in [2.75, 3.05) is 31.1 Å². The van der Waals surface area contributed by atoms with Crippen LogP contribution in [-0.4, -0.2) is 52.2 Å². The predicted octanol–water partition coefficient (Wildman–Crippen LogP) is 3.05. The van der Waals surface area contributed by atoms with Crippen molar-refractivity contribution in [2.24, 2.45) is 5.92 Å². The number of aromatic amines is 1. The van der Waals surface area contributed by atoms with Crippen molar-refractivity contribution in [1.29, 1.82) is 0 Å². The first-order chi connectivity index (χ1) is 13.8. The van der Waals surface area contributed by atoms with Crippen LogP contribution in [0.2, 0.25) is 0 Å². The molecule has 0 atom stereocenters. The third-order valence-corrected chi connectivity index (χ3v) is 6.69. The number of rotatable bonds is 2. The molecule has 1 aromatic carbocycles. The highest BCUT2D eigenvalue weighted by molar-refractivity contribution is 6.07. The zero-order valence-corrected chi connectivity index (χ0v) is 16.1. The number of aromatic nitrogens is 3. The number of nitrogens with one attached hydrogen (secondary N) is 1. The Morgan fingerprint density at radius 2 is 1.82 bits per heavy atom. The van der Waals surface area contributed by atoms with Crippen LogP contribution < -0.4 is 4.90 Å². The molecule has 2 aliphatic carbocycles. The second-order valence-corrected chi connectivity index (χ2v) is 8.48. The number of hydrogen-bond donors (Lipinski definition) is 1. The van der Waals surface area contributed by atoms with Gasteiger partial charge in [0.1, 0.15) is 5.82 Å². The first-order valence-corrected chi connectivity index (χ1v) is 10.6. The Bertz CT molecular complexity index is 1080. The van der Waals surface area contributed by atoms with Gasteiger partial charge in [0.2, 0.25) is 5.91 Å². The maximum absolute atomic E-state index is 12.4. The van der Waals surface area contributed by atoms with Crippen LogP contribution in [0.3, 0.4) is 0 Å². The molecule has 6 heteroatoms. The van der Waals surface area contributed by atoms with Gasteiger partial charge in [-0.3, -0.25) is 9.89 Å². The molecule has 0 radical (unpaired) electrons. The molecule has 144 valence electrons. The molecule has 1 saturated carbocycles. The highest BCUT2D eigenvalue weighted by atomic mass is 16.2. The molecule has 3 aliphatic rings. The normalized spacial score (nSPS) is 20.0. The zero-order chi connectivity index (χ0) is 18.7. The highest BCUT2D eigenvalue weighted by Crippen LogP contribution is 2.38. The van der Waals surface area contributed by atoms with Crippen molar-refractivity contribution in [1.82, 2.24) is 20.1 Å². The van der Waals surface area contributed by atoms with Crippen LogP contribution in [0.1, 0.15) is 36.8 Å². The summed E-state index contributed by atoms with van der Waals surface area (Å²) in [7, 11) is 0. The van der Waals surface area contributed by atoms with Crippen molar-refractivity contribution in [3.05, 3.63) is 29.5 Å². The fraction of sp³-hybridized carbons (Fsp3) is 0.500. The number of anilines is 1. The summed E-state index contributed by atoms with van der Waals surface area (Å²) in [5, 5.41) is 9.83. The molecule has 0 unspecified atom stereocenters. The van der Waals surface area contributed by atoms with E-state index in [9.17, 15) is 4.79 Å². The fourth-order valence-corrected chi connectivity index (χ4v) is 5.01. The van der Waals surface area contributed by atoms with E-state index in [-0.39, 0.29) is 0 Å². The molecule has 0 bridgehead atoms. The lowest BCUT2D eigenvalue weighted by Gasteiger charge is -2.37. The van der Waals surface area contributed by atoms with E-state index in [1.165, 1.54) is 34.7 Å². The largest absolute Gasteiger partial charge is 0.353 e. The van der Waals surface area contributed by atoms with E-state index in [1.54, 1.807) is 0 Å². The second-order valence-electron chi connectivity index (χ2n) is 8.48. The van der Waals surface area contributed by atoms with E-state index in [1.807, 2.05) is 6.20 Å². The highest BCUT2D eigenvalue weighted by Gasteiger charge is 2.35. The third kappa shape index (κ3) is 2.50. The Morgan fingerprint density at radius 1 is 1.04 bits per heavy atom. The Morgan fingerprint density at radius 3 is 2.61 bits per heavy atom. The van der Waals surface area contributed by atoms with Crippen LogP contribution >= 0.6 is 0 Å². The number of aryl methyl sites for hydroxylation is 1. The number of carbonyl (C=O) groups excluding carboxylic acids is 1. The molecular weight excluding hydrogens is 350 g/mol. The summed E-state index contributed by atoms with van der Waals surface area (Å²) in [5.74, 6) is 1.84. The molecule has 1 saturated heterocycles. The van der Waals surface area contributed by atoms with Gasteiger partial charge in [0, 0.05) is 42.9 Å². The van der Waals surface area contributed by atoms with Crippen LogP contribution in [0.5, 0.6) is 0 Å². The van der Waals surface area contributed by atoms with Crippen LogP contribution in [0.4, 0.5) is 5.82 Å². The lowest BCUT2D eigenvalue weighted by Crippen LogP contribution is -2.49. The van der Waals surface area contributed by atoms with Gasteiger partial charge in [-0.15, -0.1) is 0 Å². The minimum Gasteiger partial charge on any atom is -0.353 e. The maximum atomic E-state index is 12.4. The summed E-state index contributed by atoms with van der Waals surface area (Å²) in [6, 6.07) is 4.21. The first-order valence-electron chi connectivity index (χ1n) is 10.6. The monoisotopic (exact) mass is 375 g/mol. The molecule has 2 fully saturated rings. The summed E-state index contributed by atoms with van der Waals surface area (Å²) < 4.78 is 0. The SMILES string of the molecule is O=C(C1CC1)N1CCN(c2nc3ccc4[nH]ncc4c3c3c2CCCC3)CC1. The summed E-state index contributed by atoms with van der Waals surface area (Å²) >= 11 is 0. The van der Waals surface area contributed by atoms with Gasteiger partial charge in [0.05, 0.1) is 17.2 Å². The summed E-state index contributed by atoms with van der Waals surface area (Å²) in [6.07, 6.45) is 8.80. The summed E-state index contributed by atoms with van der Waals surface area (Å²) in [5.41, 5.74) is 5.05. The van der Waals surface area contributed by atoms with Crippen molar-refractivity contribution in [2.45, 2.75) is 38.5 Å². The molecule has 1 amide bonds. The Balaban J connectivity index is 1.40. The molecule has 6 nitrogen and oxygen atoms in total. The number of carbonyl (C=O) groups is 1. The molecule has 3 aromatic rings. The lowest BCUT2D eigenvalue weighted by atomic mass is 9.88. The fourth-order valence-electron chi connectivity index (χ4n) is 5.01. The maximum Gasteiger partial charge on any atom is 0.225 e. The van der Waals surface area contributed by atoms with Crippen LogP contribution in [0, 0.1) is 5.92 Å². The van der Waals surface area contributed by atoms with E-state index in [0.29, 0.717) is 11.8 Å². The number of piperazine rings is 1. The van der Waals surface area contributed by atoms with Crippen molar-refractivity contribution in [3.63, 3.8) is 0 Å². The van der Waals surface area contributed by atoms with Gasteiger partial charge in [-0.2, -0.15) is 5.10 Å². The van der Waals surface area contributed by atoms with Crippen LogP contribution in [-0.2, 0) is 17.6 Å². The molecule has 28 heavy (non-hydrogen) atoms. The van der Waals surface area contributed by atoms with Gasteiger partial charge in [0.25, 0.3) is 0 Å². The number of H-pyrrole nitrogens is 1. The number of nitrogens with zero attached hydrogens (tertiary/aromatic N) is 4. The van der Waals surface area contributed by atoms with Crippen molar-refractivity contribution < 1.29 is 4.79 Å². The van der Waals surface area contributed by atoms with Crippen molar-refractivity contribution in [3.8, 4) is 0 Å². The standard InChI is InChI=1S/C22H25N5O/c28-22(14-5-6-14)27-11-9-26(10-12-27)21-16-4-2-1-3-15(16)20-17-13-23-25-18(17)7-8-19(20)24-21/h7-8,13-14H,1-6,9-12H2,(H,23,25). The van der Waals surface area contributed by atoms with E-state index in [4.69, 9.17) is 4.98 Å². The van der Waals surface area contributed by atoms with Gasteiger partial charge in [-0.1, -0.05) is 0 Å².